The van der Waals surface area contributed by atoms with Crippen molar-refractivity contribution in [1.29, 1.82) is 0 Å². The molecule has 2 aromatic carbocycles. The minimum absolute atomic E-state index is 0.322. The monoisotopic (exact) mass is 493 g/mol. The number of rotatable bonds is 4. The minimum atomic E-state index is 0.322. The number of fused-ring (bicyclic) bond motifs is 2. The first-order valence-electron chi connectivity index (χ1n) is 12.0. The van der Waals surface area contributed by atoms with E-state index in [1.165, 1.54) is 38.1 Å². The van der Waals surface area contributed by atoms with Gasteiger partial charge < -0.3 is 14.5 Å². The summed E-state index contributed by atoms with van der Waals surface area (Å²) in [5, 5.41) is 2.16. The first kappa shape index (κ1) is 22.2. The molecule has 6 rings (SSSR count). The molecule has 2 saturated heterocycles. The predicted octanol–water partition coefficient (Wildman–Crippen LogP) is 5.82. The zero-order valence-corrected chi connectivity index (χ0v) is 21.9. The van der Waals surface area contributed by atoms with E-state index in [0.29, 0.717) is 6.10 Å². The molecule has 2 aliphatic rings. The number of thiazole rings is 2. The molecular formula is C26H31N5OS2. The highest BCUT2D eigenvalue weighted by Gasteiger charge is 2.30. The summed E-state index contributed by atoms with van der Waals surface area (Å²) in [5.41, 5.74) is 7.43. The molecule has 0 N–H and O–H groups in total. The van der Waals surface area contributed by atoms with Crippen LogP contribution < -0.4 is 9.80 Å². The normalized spacial score (nSPS) is 19.7. The van der Waals surface area contributed by atoms with E-state index in [4.69, 9.17) is 14.7 Å². The van der Waals surface area contributed by atoms with Gasteiger partial charge in [-0.05, 0) is 87.1 Å². The fraction of sp³-hybridized carbons (Fsp3) is 0.462. The van der Waals surface area contributed by atoms with Crippen LogP contribution in [-0.4, -0.2) is 54.1 Å². The lowest BCUT2D eigenvalue weighted by Crippen LogP contribution is -2.56. The van der Waals surface area contributed by atoms with Gasteiger partial charge >= 0.3 is 0 Å². The number of hydrogen-bond acceptors (Lipinski definition) is 8. The van der Waals surface area contributed by atoms with Crippen LogP contribution in [0.5, 0.6) is 0 Å². The Balaban J connectivity index is 1.34. The molecule has 0 unspecified atom stereocenters. The third kappa shape index (κ3) is 4.17. The van der Waals surface area contributed by atoms with E-state index < -0.39 is 0 Å². The average Bonchev–Trinajstić information content (AvgIpc) is 3.55. The lowest BCUT2D eigenvalue weighted by atomic mass is 10.1. The number of benzene rings is 2. The number of nitrogens with zero attached hydrogens (tertiary/aromatic N) is 5. The lowest BCUT2D eigenvalue weighted by molar-refractivity contribution is 0.0689. The van der Waals surface area contributed by atoms with Gasteiger partial charge in [0.15, 0.2) is 10.3 Å². The molecule has 0 bridgehead atoms. The Bertz CT molecular complexity index is 1180. The Labute approximate surface area is 208 Å². The summed E-state index contributed by atoms with van der Waals surface area (Å²) in [6.45, 7) is 13.0. The first-order chi connectivity index (χ1) is 16.4. The quantitative estimate of drug-likeness (QED) is 0.357. The molecule has 8 heteroatoms. The van der Waals surface area contributed by atoms with Gasteiger partial charge in [-0.15, -0.1) is 0 Å². The van der Waals surface area contributed by atoms with Crippen molar-refractivity contribution in [2.75, 3.05) is 43.0 Å². The molecule has 0 amide bonds. The summed E-state index contributed by atoms with van der Waals surface area (Å²) in [7, 11) is 0. The molecule has 0 aliphatic carbocycles. The fourth-order valence-corrected chi connectivity index (χ4v) is 6.92. The van der Waals surface area contributed by atoms with E-state index in [9.17, 15) is 0 Å². The smallest absolute Gasteiger partial charge is 0.188 e. The van der Waals surface area contributed by atoms with E-state index in [2.05, 4.69) is 66.7 Å². The molecule has 0 spiro atoms. The summed E-state index contributed by atoms with van der Waals surface area (Å²) >= 11 is 3.58. The Morgan fingerprint density at radius 1 is 0.794 bits per heavy atom. The molecule has 0 radical (unpaired) electrons. The molecule has 4 aromatic rings. The van der Waals surface area contributed by atoms with Gasteiger partial charge in [-0.25, -0.2) is 9.97 Å². The standard InChI is InChI=1S/C26H31N5OS2/c1-16-8-21-23(10-18(16)3)33-25(27-21)30-13-29(12-20-6-5-7-32-20)14-31(15-30)26-28-22-9-17(2)19(4)11-24(22)34-26/h8-11,20H,5-7,12-15H2,1-4H3/t20-/m1/s1. The van der Waals surface area contributed by atoms with Crippen LogP contribution >= 0.6 is 22.7 Å². The van der Waals surface area contributed by atoms with Crippen LogP contribution in [0.2, 0.25) is 0 Å². The lowest BCUT2D eigenvalue weighted by Gasteiger charge is -2.42. The number of aryl methyl sites for hydroxylation is 4. The maximum atomic E-state index is 5.98. The van der Waals surface area contributed by atoms with Gasteiger partial charge in [-0.2, -0.15) is 0 Å². The van der Waals surface area contributed by atoms with Crippen LogP contribution in [0.1, 0.15) is 35.1 Å². The number of hydrogen-bond donors (Lipinski definition) is 0. The summed E-state index contributed by atoms with van der Waals surface area (Å²) in [4.78, 5) is 17.4. The van der Waals surface area contributed by atoms with E-state index >= 15 is 0 Å². The van der Waals surface area contributed by atoms with Crippen molar-refractivity contribution in [3.8, 4) is 0 Å². The van der Waals surface area contributed by atoms with Crippen molar-refractivity contribution >= 4 is 53.4 Å². The second kappa shape index (κ2) is 8.75. The van der Waals surface area contributed by atoms with Crippen molar-refractivity contribution in [3.05, 3.63) is 46.5 Å². The number of aromatic nitrogens is 2. The number of anilines is 2. The Kier molecular flexibility index (Phi) is 5.72. The summed E-state index contributed by atoms with van der Waals surface area (Å²) < 4.78 is 8.49. The maximum Gasteiger partial charge on any atom is 0.188 e. The zero-order valence-electron chi connectivity index (χ0n) is 20.3. The van der Waals surface area contributed by atoms with E-state index in [1.54, 1.807) is 22.7 Å². The van der Waals surface area contributed by atoms with E-state index in [1.807, 2.05) is 0 Å². The SMILES string of the molecule is Cc1cc2nc(N3CN(C[C@H]4CCCO4)CN(c4nc5cc(C)c(C)cc5s4)C3)sc2cc1C. The highest BCUT2D eigenvalue weighted by atomic mass is 32.1. The van der Waals surface area contributed by atoms with E-state index in [0.717, 1.165) is 60.9 Å². The first-order valence-corrected chi connectivity index (χ1v) is 13.7. The van der Waals surface area contributed by atoms with Crippen LogP contribution in [0.3, 0.4) is 0 Å². The third-order valence-corrected chi connectivity index (χ3v) is 9.25. The fourth-order valence-electron chi connectivity index (χ4n) is 4.86. The predicted molar refractivity (Wildman–Crippen MR) is 143 cm³/mol. The summed E-state index contributed by atoms with van der Waals surface area (Å²) in [6.07, 6.45) is 2.64. The molecule has 1 atom stereocenters. The molecule has 6 nitrogen and oxygen atoms in total. The van der Waals surface area contributed by atoms with Crippen molar-refractivity contribution in [1.82, 2.24) is 14.9 Å². The maximum absolute atomic E-state index is 5.98. The van der Waals surface area contributed by atoms with Crippen LogP contribution in [-0.2, 0) is 4.74 Å². The number of ether oxygens (including phenoxy) is 1. The molecule has 34 heavy (non-hydrogen) atoms. The summed E-state index contributed by atoms with van der Waals surface area (Å²) in [5.74, 6) is 0. The van der Waals surface area contributed by atoms with Crippen molar-refractivity contribution in [2.45, 2.75) is 46.6 Å². The molecule has 4 heterocycles. The Hall–Kier alpha value is -2.26. The second-order valence-electron chi connectivity index (χ2n) is 9.79. The van der Waals surface area contributed by atoms with Gasteiger partial charge in [0.2, 0.25) is 0 Å². The molecular weight excluding hydrogens is 462 g/mol. The third-order valence-electron chi connectivity index (χ3n) is 7.09. The largest absolute Gasteiger partial charge is 0.377 e. The zero-order chi connectivity index (χ0) is 23.4. The van der Waals surface area contributed by atoms with Crippen molar-refractivity contribution in [3.63, 3.8) is 0 Å². The van der Waals surface area contributed by atoms with E-state index in [-0.39, 0.29) is 0 Å². The van der Waals surface area contributed by atoms with Crippen LogP contribution in [0.15, 0.2) is 24.3 Å². The Morgan fingerprint density at radius 3 is 1.82 bits per heavy atom. The van der Waals surface area contributed by atoms with Crippen molar-refractivity contribution < 1.29 is 4.74 Å². The summed E-state index contributed by atoms with van der Waals surface area (Å²) in [6, 6.07) is 8.98. The van der Waals surface area contributed by atoms with Gasteiger partial charge in [-0.1, -0.05) is 22.7 Å². The molecule has 2 fully saturated rings. The second-order valence-corrected chi connectivity index (χ2v) is 11.8. The van der Waals surface area contributed by atoms with Gasteiger partial charge in [0.1, 0.15) is 0 Å². The van der Waals surface area contributed by atoms with Gasteiger partial charge in [-0.3, -0.25) is 4.90 Å². The van der Waals surface area contributed by atoms with Crippen LogP contribution in [0.25, 0.3) is 20.4 Å². The Morgan fingerprint density at radius 2 is 1.32 bits per heavy atom. The highest BCUT2D eigenvalue weighted by Crippen LogP contribution is 2.35. The van der Waals surface area contributed by atoms with Crippen LogP contribution in [0.4, 0.5) is 10.3 Å². The minimum Gasteiger partial charge on any atom is -0.377 e. The highest BCUT2D eigenvalue weighted by molar-refractivity contribution is 7.22. The topological polar surface area (TPSA) is 44.7 Å². The van der Waals surface area contributed by atoms with Crippen molar-refractivity contribution in [2.24, 2.45) is 0 Å². The molecule has 0 saturated carbocycles. The molecule has 2 aliphatic heterocycles. The van der Waals surface area contributed by atoms with Gasteiger partial charge in [0.05, 0.1) is 46.5 Å². The van der Waals surface area contributed by atoms with Gasteiger partial charge in [0, 0.05) is 13.2 Å². The average molecular weight is 494 g/mol. The molecule has 178 valence electrons. The van der Waals surface area contributed by atoms with Gasteiger partial charge in [0.25, 0.3) is 0 Å². The molecule has 2 aromatic heterocycles. The van der Waals surface area contributed by atoms with Crippen LogP contribution in [0, 0.1) is 27.7 Å².